The zero-order valence-corrected chi connectivity index (χ0v) is 17.0. The maximum Gasteiger partial charge on any atom is 0.260 e. The van der Waals surface area contributed by atoms with Crippen molar-refractivity contribution in [3.05, 3.63) is 59.2 Å². The van der Waals surface area contributed by atoms with Gasteiger partial charge < -0.3 is 19.7 Å². The highest BCUT2D eigenvalue weighted by Crippen LogP contribution is 2.27. The van der Waals surface area contributed by atoms with Gasteiger partial charge in [-0.3, -0.25) is 4.79 Å². The normalized spacial score (nSPS) is 14.8. The average Bonchev–Trinajstić information content (AvgIpc) is 3.25. The van der Waals surface area contributed by atoms with Gasteiger partial charge in [0.1, 0.15) is 11.5 Å². The monoisotopic (exact) mass is 382 g/mol. The van der Waals surface area contributed by atoms with E-state index in [0.29, 0.717) is 6.54 Å². The number of carbonyl (C=O) groups is 1. The Bertz CT molecular complexity index is 800. The minimum atomic E-state index is 0.0677. The van der Waals surface area contributed by atoms with Gasteiger partial charge in [0.15, 0.2) is 6.61 Å². The maximum absolute atomic E-state index is 12.3. The Morgan fingerprint density at radius 1 is 1.14 bits per heavy atom. The number of amides is 1. The number of rotatable bonds is 8. The van der Waals surface area contributed by atoms with Crippen LogP contribution in [-0.2, 0) is 11.3 Å². The van der Waals surface area contributed by atoms with Crippen molar-refractivity contribution in [3.8, 4) is 11.5 Å². The molecular formula is C23H30N2O3. The first-order valence-corrected chi connectivity index (χ1v) is 9.95. The van der Waals surface area contributed by atoms with Crippen molar-refractivity contribution in [3.63, 3.8) is 0 Å². The molecule has 1 N–H and O–H groups in total. The molecule has 1 heterocycles. The molecule has 150 valence electrons. The van der Waals surface area contributed by atoms with Gasteiger partial charge in [-0.1, -0.05) is 35.9 Å². The van der Waals surface area contributed by atoms with Gasteiger partial charge in [0.25, 0.3) is 5.91 Å². The molecule has 1 atom stereocenters. The Kier molecular flexibility index (Phi) is 6.93. The molecule has 5 nitrogen and oxygen atoms in total. The number of carbonyl (C=O) groups excluding carboxylic acids is 1. The van der Waals surface area contributed by atoms with Gasteiger partial charge in [-0.25, -0.2) is 0 Å². The molecule has 3 rings (SSSR count). The zero-order chi connectivity index (χ0) is 19.9. The van der Waals surface area contributed by atoms with Crippen LogP contribution in [0.25, 0.3) is 0 Å². The summed E-state index contributed by atoms with van der Waals surface area (Å²) in [7, 11) is 1.70. The number of hydrogen-bond acceptors (Lipinski definition) is 4. The topological polar surface area (TPSA) is 50.8 Å². The molecule has 1 fully saturated rings. The maximum atomic E-state index is 12.3. The second-order valence-electron chi connectivity index (χ2n) is 7.33. The summed E-state index contributed by atoms with van der Waals surface area (Å²) in [5, 5.41) is 3.54. The van der Waals surface area contributed by atoms with Gasteiger partial charge in [0, 0.05) is 36.8 Å². The number of benzene rings is 2. The van der Waals surface area contributed by atoms with Crippen molar-refractivity contribution < 1.29 is 14.3 Å². The lowest BCUT2D eigenvalue weighted by molar-refractivity contribution is -0.132. The molecule has 28 heavy (non-hydrogen) atoms. The quantitative estimate of drug-likeness (QED) is 0.753. The Morgan fingerprint density at radius 2 is 1.89 bits per heavy atom. The van der Waals surface area contributed by atoms with Crippen LogP contribution in [-0.4, -0.2) is 37.6 Å². The molecule has 2 aromatic carbocycles. The fourth-order valence-corrected chi connectivity index (χ4v) is 3.55. The Balaban J connectivity index is 1.61. The molecule has 1 aliphatic heterocycles. The van der Waals surface area contributed by atoms with Crippen molar-refractivity contribution in [1.82, 2.24) is 10.2 Å². The van der Waals surface area contributed by atoms with Gasteiger partial charge in [0.05, 0.1) is 7.11 Å². The van der Waals surface area contributed by atoms with E-state index >= 15 is 0 Å². The fourth-order valence-electron chi connectivity index (χ4n) is 3.55. The number of nitrogens with one attached hydrogen (secondary N) is 1. The molecule has 1 unspecified atom stereocenters. The van der Waals surface area contributed by atoms with Crippen molar-refractivity contribution >= 4 is 5.91 Å². The highest BCUT2D eigenvalue weighted by atomic mass is 16.5. The van der Waals surface area contributed by atoms with Gasteiger partial charge >= 0.3 is 0 Å². The van der Waals surface area contributed by atoms with Crippen LogP contribution < -0.4 is 14.8 Å². The molecule has 5 heteroatoms. The first-order chi connectivity index (χ1) is 13.6. The van der Waals surface area contributed by atoms with Crippen LogP contribution >= 0.6 is 0 Å². The lowest BCUT2D eigenvalue weighted by Gasteiger charge is -2.20. The third-order valence-electron chi connectivity index (χ3n) is 5.23. The Morgan fingerprint density at radius 3 is 2.64 bits per heavy atom. The third-order valence-corrected chi connectivity index (χ3v) is 5.23. The summed E-state index contributed by atoms with van der Waals surface area (Å²) in [5.41, 5.74) is 3.37. The van der Waals surface area contributed by atoms with Crippen LogP contribution in [0.5, 0.6) is 11.5 Å². The molecular weight excluding hydrogens is 352 g/mol. The summed E-state index contributed by atoms with van der Waals surface area (Å²) in [6.07, 6.45) is 2.18. The summed E-state index contributed by atoms with van der Waals surface area (Å²) in [6, 6.07) is 14.2. The lowest BCUT2D eigenvalue weighted by Crippen LogP contribution is -2.32. The lowest BCUT2D eigenvalue weighted by atomic mass is 10.0. The van der Waals surface area contributed by atoms with E-state index < -0.39 is 0 Å². The molecule has 0 saturated carbocycles. The SMILES string of the molecule is COc1ccc(C)cc1C(C)NCc1ccccc1OCC(=O)N1CCCC1. The summed E-state index contributed by atoms with van der Waals surface area (Å²) in [6.45, 7) is 6.64. The smallest absolute Gasteiger partial charge is 0.260 e. The largest absolute Gasteiger partial charge is 0.496 e. The standard InChI is InChI=1S/C23H30N2O3/c1-17-10-11-22(27-3)20(14-17)18(2)24-15-19-8-4-5-9-21(19)28-16-23(26)25-12-6-7-13-25/h4-5,8-11,14,18,24H,6-7,12-13,15-16H2,1-3H3. The fraction of sp³-hybridized carbons (Fsp3) is 0.435. The number of para-hydroxylation sites is 1. The predicted molar refractivity (Wildman–Crippen MR) is 111 cm³/mol. The van der Waals surface area contributed by atoms with E-state index in [1.54, 1.807) is 7.11 Å². The average molecular weight is 383 g/mol. The van der Waals surface area contributed by atoms with Gasteiger partial charge in [-0.15, -0.1) is 0 Å². The molecule has 1 saturated heterocycles. The molecule has 2 aromatic rings. The Labute approximate surface area is 167 Å². The van der Waals surface area contributed by atoms with Crippen LogP contribution in [0.2, 0.25) is 0 Å². The van der Waals surface area contributed by atoms with Crippen molar-refractivity contribution in [2.75, 3.05) is 26.8 Å². The molecule has 0 aliphatic carbocycles. The highest BCUT2D eigenvalue weighted by molar-refractivity contribution is 5.78. The number of likely N-dealkylation sites (tertiary alicyclic amines) is 1. The van der Waals surface area contributed by atoms with Crippen molar-refractivity contribution in [2.45, 2.75) is 39.3 Å². The molecule has 1 amide bonds. The van der Waals surface area contributed by atoms with Crippen LogP contribution in [0, 0.1) is 6.92 Å². The minimum Gasteiger partial charge on any atom is -0.496 e. The highest BCUT2D eigenvalue weighted by Gasteiger charge is 2.19. The first kappa shape index (κ1) is 20.2. The third kappa shape index (κ3) is 5.04. The number of methoxy groups -OCH3 is 1. The molecule has 0 bridgehead atoms. The first-order valence-electron chi connectivity index (χ1n) is 9.95. The van der Waals surface area contributed by atoms with Gasteiger partial charge in [-0.05, 0) is 38.8 Å². The zero-order valence-electron chi connectivity index (χ0n) is 17.0. The number of ether oxygens (including phenoxy) is 2. The van der Waals surface area contributed by atoms with Crippen LogP contribution in [0.3, 0.4) is 0 Å². The summed E-state index contributed by atoms with van der Waals surface area (Å²) < 4.78 is 11.4. The van der Waals surface area contributed by atoms with E-state index in [1.807, 2.05) is 35.2 Å². The molecule has 0 spiro atoms. The molecule has 0 aromatic heterocycles. The van der Waals surface area contributed by atoms with Gasteiger partial charge in [0.2, 0.25) is 0 Å². The van der Waals surface area contributed by atoms with E-state index in [9.17, 15) is 4.79 Å². The van der Waals surface area contributed by atoms with Crippen molar-refractivity contribution in [1.29, 1.82) is 0 Å². The van der Waals surface area contributed by atoms with Crippen molar-refractivity contribution in [2.24, 2.45) is 0 Å². The molecule has 1 aliphatic rings. The van der Waals surface area contributed by atoms with Gasteiger partial charge in [-0.2, -0.15) is 0 Å². The van der Waals surface area contributed by atoms with E-state index in [0.717, 1.165) is 48.6 Å². The molecule has 0 radical (unpaired) electrons. The predicted octanol–water partition coefficient (Wildman–Crippen LogP) is 3.86. The van der Waals surface area contributed by atoms with E-state index in [-0.39, 0.29) is 18.6 Å². The number of nitrogens with zero attached hydrogens (tertiary/aromatic N) is 1. The second kappa shape index (κ2) is 9.60. The number of aryl methyl sites for hydroxylation is 1. The van der Waals surface area contributed by atoms with Crippen LogP contribution in [0.4, 0.5) is 0 Å². The Hall–Kier alpha value is -2.53. The van der Waals surface area contributed by atoms with E-state index in [2.05, 4.69) is 31.3 Å². The summed E-state index contributed by atoms with van der Waals surface area (Å²) in [4.78, 5) is 14.1. The van der Waals surface area contributed by atoms with E-state index in [4.69, 9.17) is 9.47 Å². The minimum absolute atomic E-state index is 0.0677. The van der Waals surface area contributed by atoms with Crippen LogP contribution in [0.1, 0.15) is 42.5 Å². The summed E-state index contributed by atoms with van der Waals surface area (Å²) >= 11 is 0. The number of hydrogen-bond donors (Lipinski definition) is 1. The van der Waals surface area contributed by atoms with Crippen LogP contribution in [0.15, 0.2) is 42.5 Å². The summed E-state index contributed by atoms with van der Waals surface area (Å²) in [5.74, 6) is 1.70. The van der Waals surface area contributed by atoms with E-state index in [1.165, 1.54) is 5.56 Å². The second-order valence-corrected chi connectivity index (χ2v) is 7.33.